The molecule has 0 radical (unpaired) electrons. The van der Waals surface area contributed by atoms with Crippen LogP contribution in [0.5, 0.6) is 0 Å². The zero-order valence-electron chi connectivity index (χ0n) is 11.7. The van der Waals surface area contributed by atoms with Gasteiger partial charge < -0.3 is 9.16 Å². The predicted octanol–water partition coefficient (Wildman–Crippen LogP) is 3.52. The summed E-state index contributed by atoms with van der Waals surface area (Å²) >= 11 is 0. The smallest absolute Gasteiger partial charge is 0.333 e. The summed E-state index contributed by atoms with van der Waals surface area (Å²) in [4.78, 5) is 11.3. The Kier molecular flexibility index (Phi) is 8.17. The summed E-state index contributed by atoms with van der Waals surface area (Å²) in [6.07, 6.45) is 2.27. The highest BCUT2D eigenvalue weighted by Gasteiger charge is 2.31. The molecule has 0 fully saturated rings. The summed E-state index contributed by atoms with van der Waals surface area (Å²) in [5, 5.41) is 0. The average Bonchev–Trinajstić information content (AvgIpc) is 2.29. The van der Waals surface area contributed by atoms with Crippen LogP contribution in [-0.2, 0) is 14.0 Å². The van der Waals surface area contributed by atoms with Crippen molar-refractivity contribution in [1.29, 1.82) is 0 Å². The lowest BCUT2D eigenvalue weighted by atomic mass is 10.4. The van der Waals surface area contributed by atoms with Crippen LogP contribution < -0.4 is 0 Å². The molecule has 0 N–H and O–H groups in total. The van der Waals surface area contributed by atoms with Crippen LogP contribution in [0.3, 0.4) is 0 Å². The van der Waals surface area contributed by atoms with Crippen molar-refractivity contribution >= 4 is 14.3 Å². The van der Waals surface area contributed by atoms with Crippen LogP contribution in [0, 0.1) is 0 Å². The van der Waals surface area contributed by atoms with E-state index in [1.807, 2.05) is 0 Å². The summed E-state index contributed by atoms with van der Waals surface area (Å²) < 4.78 is 11.0. The summed E-state index contributed by atoms with van der Waals surface area (Å²) in [5.41, 5.74) is 0.459. The van der Waals surface area contributed by atoms with Crippen LogP contribution in [0.4, 0.5) is 0 Å². The van der Waals surface area contributed by atoms with Crippen molar-refractivity contribution in [3.8, 4) is 0 Å². The van der Waals surface area contributed by atoms with E-state index in [0.29, 0.717) is 12.2 Å². The maximum Gasteiger partial charge on any atom is 0.333 e. The van der Waals surface area contributed by atoms with E-state index in [4.69, 9.17) is 9.16 Å². The molecule has 100 valence electrons. The Morgan fingerprint density at radius 2 is 1.71 bits per heavy atom. The van der Waals surface area contributed by atoms with Crippen LogP contribution in [0.1, 0.15) is 33.6 Å². The maximum absolute atomic E-state index is 11.3. The second-order valence-electron chi connectivity index (χ2n) is 4.55. The van der Waals surface area contributed by atoms with Crippen molar-refractivity contribution in [2.45, 2.75) is 51.7 Å². The minimum atomic E-state index is -1.68. The normalized spacial score (nSPS) is 11.3. The van der Waals surface area contributed by atoms with E-state index in [1.54, 1.807) is 14.0 Å². The number of ether oxygens (including phenoxy) is 1. The first kappa shape index (κ1) is 16.4. The fourth-order valence-electron chi connectivity index (χ4n) is 2.05. The number of hydrogen-bond acceptors (Lipinski definition) is 3. The molecule has 0 amide bonds. The number of hydrogen-bond donors (Lipinski definition) is 0. The van der Waals surface area contributed by atoms with Crippen molar-refractivity contribution < 1.29 is 14.0 Å². The topological polar surface area (TPSA) is 35.5 Å². The SMILES string of the molecule is C=C(C)C(=O)OCC[Si](CCC)(CCC)OC. The molecule has 0 spiro atoms. The number of carbonyl (C=O) groups excluding carboxylic acids is 1. The number of rotatable bonds is 9. The summed E-state index contributed by atoms with van der Waals surface area (Å²) in [5.74, 6) is -0.294. The van der Waals surface area contributed by atoms with Gasteiger partial charge in [-0.15, -0.1) is 0 Å². The van der Waals surface area contributed by atoms with Crippen molar-refractivity contribution in [3.05, 3.63) is 12.2 Å². The Bertz CT molecular complexity index is 245. The molecule has 0 aromatic heterocycles. The van der Waals surface area contributed by atoms with Gasteiger partial charge in [-0.25, -0.2) is 4.79 Å². The lowest BCUT2D eigenvalue weighted by Gasteiger charge is -2.29. The molecule has 0 aromatic carbocycles. The van der Waals surface area contributed by atoms with Gasteiger partial charge >= 0.3 is 5.97 Å². The molecule has 0 heterocycles. The lowest BCUT2D eigenvalue weighted by molar-refractivity contribution is -0.138. The molecule has 17 heavy (non-hydrogen) atoms. The second kappa shape index (κ2) is 8.47. The monoisotopic (exact) mass is 258 g/mol. The van der Waals surface area contributed by atoms with Gasteiger partial charge in [0.1, 0.15) is 0 Å². The largest absolute Gasteiger partial charge is 0.463 e. The van der Waals surface area contributed by atoms with Gasteiger partial charge in [0.05, 0.1) is 6.61 Å². The number of carbonyl (C=O) groups is 1. The van der Waals surface area contributed by atoms with Gasteiger partial charge in [0, 0.05) is 18.7 Å². The molecule has 0 aromatic rings. The Balaban J connectivity index is 4.24. The van der Waals surface area contributed by atoms with Crippen molar-refractivity contribution in [1.82, 2.24) is 0 Å². The quantitative estimate of drug-likeness (QED) is 0.360. The van der Waals surface area contributed by atoms with E-state index < -0.39 is 8.32 Å². The van der Waals surface area contributed by atoms with Gasteiger partial charge in [-0.3, -0.25) is 0 Å². The highest BCUT2D eigenvalue weighted by Crippen LogP contribution is 2.25. The van der Waals surface area contributed by atoms with Crippen LogP contribution in [0.2, 0.25) is 18.1 Å². The summed E-state index contributed by atoms with van der Waals surface area (Å²) in [7, 11) is 0.126. The fourth-order valence-corrected chi connectivity index (χ4v) is 5.70. The van der Waals surface area contributed by atoms with Crippen molar-refractivity contribution in [3.63, 3.8) is 0 Å². The standard InChI is InChI=1S/C13H26O3Si/c1-6-9-17(15-5,10-7-2)11-8-16-13(14)12(3)4/h3,6-11H2,1-2,4-5H3. The molecule has 0 atom stereocenters. The van der Waals surface area contributed by atoms with Crippen molar-refractivity contribution in [2.24, 2.45) is 0 Å². The van der Waals surface area contributed by atoms with Crippen LogP contribution >= 0.6 is 0 Å². The van der Waals surface area contributed by atoms with E-state index in [1.165, 1.54) is 0 Å². The van der Waals surface area contributed by atoms with E-state index in [-0.39, 0.29) is 5.97 Å². The van der Waals surface area contributed by atoms with Crippen LogP contribution in [0.15, 0.2) is 12.2 Å². The maximum atomic E-state index is 11.3. The van der Waals surface area contributed by atoms with Gasteiger partial charge in [0.25, 0.3) is 0 Å². The van der Waals surface area contributed by atoms with E-state index >= 15 is 0 Å². The van der Waals surface area contributed by atoms with Crippen molar-refractivity contribution in [2.75, 3.05) is 13.7 Å². The summed E-state index contributed by atoms with van der Waals surface area (Å²) in [6, 6.07) is 3.17. The predicted molar refractivity (Wildman–Crippen MR) is 73.5 cm³/mol. The molecule has 0 aliphatic carbocycles. The molecule has 0 aliphatic rings. The number of esters is 1. The first-order valence-corrected chi connectivity index (χ1v) is 8.92. The first-order chi connectivity index (χ1) is 8.01. The third kappa shape index (κ3) is 6.03. The molecule has 0 unspecified atom stereocenters. The molecule has 0 aliphatic heterocycles. The fraction of sp³-hybridized carbons (Fsp3) is 0.769. The molecule has 0 saturated heterocycles. The van der Waals surface area contributed by atoms with E-state index in [2.05, 4.69) is 20.4 Å². The third-order valence-electron chi connectivity index (χ3n) is 2.98. The van der Waals surface area contributed by atoms with E-state index in [9.17, 15) is 4.79 Å². The molecule has 0 saturated carbocycles. The first-order valence-electron chi connectivity index (χ1n) is 6.39. The Labute approximate surface area is 106 Å². The third-order valence-corrected chi connectivity index (χ3v) is 7.79. The van der Waals surface area contributed by atoms with Gasteiger partial charge in [-0.1, -0.05) is 33.3 Å². The average molecular weight is 258 g/mol. The van der Waals surface area contributed by atoms with Crippen LogP contribution in [-0.4, -0.2) is 28.0 Å². The lowest BCUT2D eigenvalue weighted by Crippen LogP contribution is -2.38. The molecule has 3 nitrogen and oxygen atoms in total. The highest BCUT2D eigenvalue weighted by molar-refractivity contribution is 6.73. The van der Waals surface area contributed by atoms with Gasteiger partial charge in [-0.2, -0.15) is 0 Å². The van der Waals surface area contributed by atoms with Crippen LogP contribution in [0.25, 0.3) is 0 Å². The Morgan fingerprint density at radius 3 is 2.06 bits per heavy atom. The molecule has 0 rings (SSSR count). The van der Waals surface area contributed by atoms with Gasteiger partial charge in [-0.05, 0) is 19.0 Å². The van der Waals surface area contributed by atoms with Gasteiger partial charge in [0.15, 0.2) is 8.32 Å². The van der Waals surface area contributed by atoms with E-state index in [0.717, 1.165) is 31.0 Å². The highest BCUT2D eigenvalue weighted by atomic mass is 28.4. The second-order valence-corrected chi connectivity index (χ2v) is 8.83. The minimum absolute atomic E-state index is 0.294. The molecular formula is C13H26O3Si. The zero-order chi connectivity index (χ0) is 13.3. The summed E-state index contributed by atoms with van der Waals surface area (Å²) in [6.45, 7) is 10.1. The molecular weight excluding hydrogens is 232 g/mol. The Hall–Kier alpha value is -0.613. The molecule has 4 heteroatoms. The minimum Gasteiger partial charge on any atom is -0.463 e. The molecule has 0 bridgehead atoms. The van der Waals surface area contributed by atoms with Gasteiger partial charge in [0.2, 0.25) is 0 Å². The zero-order valence-corrected chi connectivity index (χ0v) is 12.7. The Morgan fingerprint density at radius 1 is 1.18 bits per heavy atom.